The molecule has 142 valence electrons. The van der Waals surface area contributed by atoms with Crippen molar-refractivity contribution in [3.8, 4) is 0 Å². The second kappa shape index (κ2) is 7.55. The predicted molar refractivity (Wildman–Crippen MR) is 107 cm³/mol. The Labute approximate surface area is 165 Å². The highest BCUT2D eigenvalue weighted by Gasteiger charge is 2.15. The highest BCUT2D eigenvalue weighted by atomic mass is 32.2. The molecule has 2 aromatic carbocycles. The van der Waals surface area contributed by atoms with E-state index in [9.17, 15) is 13.2 Å². The first-order chi connectivity index (χ1) is 13.5. The molecule has 2 heterocycles. The lowest BCUT2D eigenvalue weighted by atomic mass is 10.2. The number of nitrogens with one attached hydrogen (secondary N) is 2. The van der Waals surface area contributed by atoms with Crippen molar-refractivity contribution in [1.29, 1.82) is 0 Å². The lowest BCUT2D eigenvalue weighted by Crippen LogP contribution is -2.23. The molecule has 0 unspecified atom stereocenters. The Hall–Kier alpha value is -3.01. The molecule has 0 fully saturated rings. The topological polar surface area (TPSA) is 101 Å². The van der Waals surface area contributed by atoms with Gasteiger partial charge in [0.05, 0.1) is 33.4 Å². The maximum Gasteiger partial charge on any atom is 0.255 e. The number of carbonyl (C=O) groups excluding carboxylic acids is 1. The fourth-order valence-electron chi connectivity index (χ4n) is 2.58. The maximum absolute atomic E-state index is 12.4. The molecule has 0 spiro atoms. The minimum atomic E-state index is -3.68. The number of fused-ring (bicyclic) bond motifs is 1. The number of amides is 1. The van der Waals surface area contributed by atoms with Gasteiger partial charge in [-0.15, -0.1) is 11.3 Å². The van der Waals surface area contributed by atoms with E-state index < -0.39 is 10.0 Å². The third kappa shape index (κ3) is 3.96. The Morgan fingerprint density at radius 2 is 1.93 bits per heavy atom. The summed E-state index contributed by atoms with van der Waals surface area (Å²) in [4.78, 5) is 16.7. The number of anilines is 1. The van der Waals surface area contributed by atoms with Crippen LogP contribution < -0.4 is 10.0 Å². The van der Waals surface area contributed by atoms with Gasteiger partial charge in [0.1, 0.15) is 5.76 Å². The molecule has 4 rings (SSSR count). The number of furan rings is 1. The van der Waals surface area contributed by atoms with Crippen molar-refractivity contribution < 1.29 is 17.6 Å². The number of rotatable bonds is 6. The van der Waals surface area contributed by atoms with E-state index in [1.807, 2.05) is 0 Å². The Morgan fingerprint density at radius 3 is 2.68 bits per heavy atom. The first-order valence-corrected chi connectivity index (χ1v) is 10.6. The molecule has 0 atom stereocenters. The van der Waals surface area contributed by atoms with Crippen LogP contribution in [0, 0.1) is 0 Å². The second-order valence-electron chi connectivity index (χ2n) is 5.92. The van der Waals surface area contributed by atoms with E-state index in [1.54, 1.807) is 48.0 Å². The number of sulfonamides is 1. The fraction of sp³-hybridized carbons (Fsp3) is 0.0526. The van der Waals surface area contributed by atoms with Gasteiger partial charge >= 0.3 is 0 Å². The van der Waals surface area contributed by atoms with E-state index in [0.29, 0.717) is 17.0 Å². The van der Waals surface area contributed by atoms with Gasteiger partial charge in [-0.1, -0.05) is 0 Å². The molecule has 28 heavy (non-hydrogen) atoms. The van der Waals surface area contributed by atoms with Crippen LogP contribution in [0.2, 0.25) is 0 Å². The van der Waals surface area contributed by atoms with Crippen LogP contribution in [0.4, 0.5) is 5.69 Å². The summed E-state index contributed by atoms with van der Waals surface area (Å²) in [6.07, 6.45) is 1.48. The number of aromatic nitrogens is 1. The van der Waals surface area contributed by atoms with Gasteiger partial charge in [-0.25, -0.2) is 18.1 Å². The van der Waals surface area contributed by atoms with Gasteiger partial charge in [-0.05, 0) is 54.6 Å². The number of thiazole rings is 1. The molecular weight excluding hydrogens is 398 g/mol. The van der Waals surface area contributed by atoms with Crippen molar-refractivity contribution in [2.24, 2.45) is 0 Å². The van der Waals surface area contributed by atoms with Crippen LogP contribution in [0.1, 0.15) is 16.1 Å². The number of hydrogen-bond acceptors (Lipinski definition) is 6. The summed E-state index contributed by atoms with van der Waals surface area (Å²) in [6, 6.07) is 14.6. The minimum Gasteiger partial charge on any atom is -0.468 e. The lowest BCUT2D eigenvalue weighted by Gasteiger charge is -2.08. The first kappa shape index (κ1) is 18.4. The molecule has 1 amide bonds. The molecule has 0 saturated heterocycles. The van der Waals surface area contributed by atoms with Crippen LogP contribution in [0.25, 0.3) is 10.2 Å². The highest BCUT2D eigenvalue weighted by Crippen LogP contribution is 2.20. The average Bonchev–Trinajstić information content (AvgIpc) is 3.38. The summed E-state index contributed by atoms with van der Waals surface area (Å²) in [5.41, 5.74) is 3.58. The van der Waals surface area contributed by atoms with Crippen molar-refractivity contribution >= 4 is 43.2 Å². The number of benzene rings is 2. The summed E-state index contributed by atoms with van der Waals surface area (Å²) in [6.45, 7) is 0.0634. The Morgan fingerprint density at radius 1 is 1.11 bits per heavy atom. The molecule has 0 radical (unpaired) electrons. The highest BCUT2D eigenvalue weighted by molar-refractivity contribution is 7.89. The van der Waals surface area contributed by atoms with Crippen molar-refractivity contribution in [2.75, 3.05) is 5.32 Å². The van der Waals surface area contributed by atoms with Crippen molar-refractivity contribution in [3.63, 3.8) is 0 Å². The molecule has 0 aliphatic heterocycles. The molecule has 4 aromatic rings. The Bertz CT molecular complexity index is 1210. The van der Waals surface area contributed by atoms with Crippen LogP contribution >= 0.6 is 11.3 Å². The fourth-order valence-corrected chi connectivity index (χ4v) is 4.29. The van der Waals surface area contributed by atoms with Crippen LogP contribution in [-0.2, 0) is 16.6 Å². The van der Waals surface area contributed by atoms with E-state index in [0.717, 1.165) is 10.2 Å². The Balaban J connectivity index is 1.44. The van der Waals surface area contributed by atoms with Gasteiger partial charge in [0, 0.05) is 11.3 Å². The average molecular weight is 413 g/mol. The van der Waals surface area contributed by atoms with E-state index in [-0.39, 0.29) is 17.3 Å². The summed E-state index contributed by atoms with van der Waals surface area (Å²) >= 11 is 1.46. The summed E-state index contributed by atoms with van der Waals surface area (Å²) in [5.74, 6) is 0.243. The van der Waals surface area contributed by atoms with Crippen LogP contribution in [-0.4, -0.2) is 19.3 Å². The Kier molecular flexibility index (Phi) is 4.95. The molecule has 2 aromatic heterocycles. The largest absolute Gasteiger partial charge is 0.468 e. The second-order valence-corrected chi connectivity index (χ2v) is 8.57. The standard InChI is InChI=1S/C19H15N3O4S2/c23-19(13-3-8-17-18(10-13)27-12-20-17)22-14-4-6-16(7-5-14)28(24,25)21-11-15-2-1-9-26-15/h1-10,12,21H,11H2,(H,22,23). The van der Waals surface area contributed by atoms with Gasteiger partial charge < -0.3 is 9.73 Å². The molecule has 0 aliphatic carbocycles. The van der Waals surface area contributed by atoms with E-state index >= 15 is 0 Å². The summed E-state index contributed by atoms with van der Waals surface area (Å²) in [5, 5.41) is 2.76. The monoisotopic (exact) mass is 413 g/mol. The van der Waals surface area contributed by atoms with Crippen molar-refractivity contribution in [1.82, 2.24) is 9.71 Å². The molecule has 7 nitrogen and oxygen atoms in total. The zero-order chi connectivity index (χ0) is 19.6. The maximum atomic E-state index is 12.4. The molecule has 0 aliphatic rings. The smallest absolute Gasteiger partial charge is 0.255 e. The molecule has 9 heteroatoms. The zero-order valence-corrected chi connectivity index (χ0v) is 16.1. The number of hydrogen-bond donors (Lipinski definition) is 2. The van der Waals surface area contributed by atoms with Gasteiger partial charge in [0.25, 0.3) is 5.91 Å². The first-order valence-electron chi connectivity index (χ1n) is 8.28. The quantitative estimate of drug-likeness (QED) is 0.503. The van der Waals surface area contributed by atoms with Gasteiger partial charge in [-0.2, -0.15) is 0 Å². The van der Waals surface area contributed by atoms with Crippen LogP contribution in [0.3, 0.4) is 0 Å². The number of nitrogens with zero attached hydrogens (tertiary/aromatic N) is 1. The summed E-state index contributed by atoms with van der Waals surface area (Å²) in [7, 11) is -3.68. The molecular formula is C19H15N3O4S2. The minimum absolute atomic E-state index is 0.0634. The van der Waals surface area contributed by atoms with Crippen molar-refractivity contribution in [3.05, 3.63) is 77.7 Å². The zero-order valence-electron chi connectivity index (χ0n) is 14.5. The molecule has 0 bridgehead atoms. The van der Waals surface area contributed by atoms with Gasteiger partial charge in [0.15, 0.2) is 0 Å². The summed E-state index contributed by atoms with van der Waals surface area (Å²) < 4.78 is 33.2. The lowest BCUT2D eigenvalue weighted by molar-refractivity contribution is 0.102. The normalized spacial score (nSPS) is 11.6. The van der Waals surface area contributed by atoms with E-state index in [4.69, 9.17) is 4.42 Å². The van der Waals surface area contributed by atoms with Crippen LogP contribution in [0.15, 0.2) is 75.7 Å². The van der Waals surface area contributed by atoms with Gasteiger partial charge in [-0.3, -0.25) is 4.79 Å². The SMILES string of the molecule is O=C(Nc1ccc(S(=O)(=O)NCc2ccco2)cc1)c1ccc2ncsc2c1. The molecule has 2 N–H and O–H groups in total. The van der Waals surface area contributed by atoms with E-state index in [1.165, 1.54) is 29.7 Å². The predicted octanol–water partition coefficient (Wildman–Crippen LogP) is 3.62. The number of carbonyl (C=O) groups is 1. The van der Waals surface area contributed by atoms with Crippen molar-refractivity contribution in [2.45, 2.75) is 11.4 Å². The molecule has 0 saturated carbocycles. The van der Waals surface area contributed by atoms with Crippen LogP contribution in [0.5, 0.6) is 0 Å². The third-order valence-corrected chi connectivity index (χ3v) is 6.24. The van der Waals surface area contributed by atoms with E-state index in [2.05, 4.69) is 15.0 Å². The van der Waals surface area contributed by atoms with Gasteiger partial charge in [0.2, 0.25) is 10.0 Å². The third-order valence-electron chi connectivity index (χ3n) is 4.03.